The SMILES string of the molecule is CCc1nc(C)oc1C(=O)Nc1nc2cc(C(N)=O)cc(OC)c2n1C/C=C/Cn1c(NC(=O)c2oc(C)nc2CC)nc2cc(C(N)=O)cc(OCCCOC(=O)[C@@H](C)NC(=O)[C@H](CCC(=O)O)NC(=O)CN3C(=O)C=CC3=O)c21. The summed E-state index contributed by atoms with van der Waals surface area (Å²) in [7, 11) is 1.39. The van der Waals surface area contributed by atoms with Gasteiger partial charge in [-0.3, -0.25) is 58.7 Å². The fraction of sp³-hybridized carbons (Fsp3) is 0.346. The number of imide groups is 1. The van der Waals surface area contributed by atoms with E-state index in [1.807, 2.05) is 6.92 Å². The molecule has 426 valence electrons. The first-order chi connectivity index (χ1) is 38.6. The number of aliphatic carboxylic acids is 1. The Morgan fingerprint density at radius 3 is 1.72 bits per heavy atom. The van der Waals surface area contributed by atoms with Crippen LogP contribution < -0.4 is 42.2 Å². The highest BCUT2D eigenvalue weighted by molar-refractivity contribution is 6.14. The number of aromatic nitrogens is 6. The number of carboxylic acid groups (broad SMARTS) is 1. The van der Waals surface area contributed by atoms with Gasteiger partial charge in [-0.1, -0.05) is 26.0 Å². The zero-order chi connectivity index (χ0) is 58.8. The molecule has 1 aliphatic rings. The third-order valence-corrected chi connectivity index (χ3v) is 12.3. The molecule has 2 aromatic carbocycles. The average molecular weight is 1120 g/mol. The van der Waals surface area contributed by atoms with Gasteiger partial charge in [-0.05, 0) is 50.5 Å². The molecule has 1 aliphatic heterocycles. The molecule has 0 bridgehead atoms. The number of nitrogens with one attached hydrogen (secondary N) is 4. The summed E-state index contributed by atoms with van der Waals surface area (Å²) >= 11 is 0. The van der Waals surface area contributed by atoms with Crippen molar-refractivity contribution in [2.24, 2.45) is 11.5 Å². The number of fused-ring (bicyclic) bond motifs is 2. The number of amides is 8. The molecule has 9 N–H and O–H groups in total. The number of carbonyl (C=O) groups excluding carboxylic acids is 9. The predicted molar refractivity (Wildman–Crippen MR) is 283 cm³/mol. The first-order valence-electron chi connectivity index (χ1n) is 25.2. The van der Waals surface area contributed by atoms with Gasteiger partial charge in [0.2, 0.25) is 47.0 Å². The van der Waals surface area contributed by atoms with E-state index in [1.54, 1.807) is 42.1 Å². The van der Waals surface area contributed by atoms with Crippen LogP contribution in [-0.4, -0.2) is 137 Å². The number of imidazole rings is 2. The third-order valence-electron chi connectivity index (χ3n) is 12.3. The maximum absolute atomic E-state index is 13.9. The fourth-order valence-corrected chi connectivity index (χ4v) is 8.43. The van der Waals surface area contributed by atoms with Crippen molar-refractivity contribution in [2.75, 3.05) is 37.5 Å². The molecule has 0 fully saturated rings. The number of carbonyl (C=O) groups is 10. The molecule has 2 atom stereocenters. The second-order valence-electron chi connectivity index (χ2n) is 18.1. The van der Waals surface area contributed by atoms with Gasteiger partial charge in [0.15, 0.2) is 11.8 Å². The summed E-state index contributed by atoms with van der Waals surface area (Å²) in [5, 5.41) is 19.5. The summed E-state index contributed by atoms with van der Waals surface area (Å²) in [4.78, 5) is 145. The van der Waals surface area contributed by atoms with Gasteiger partial charge in [-0.2, -0.15) is 0 Å². The molecule has 4 aromatic heterocycles. The zero-order valence-electron chi connectivity index (χ0n) is 44.7. The van der Waals surface area contributed by atoms with E-state index in [2.05, 4.69) is 41.2 Å². The number of esters is 1. The molecule has 7 rings (SSSR count). The highest BCUT2D eigenvalue weighted by atomic mass is 16.5. The lowest BCUT2D eigenvalue weighted by atomic mass is 10.1. The Labute approximate surface area is 459 Å². The van der Waals surface area contributed by atoms with Crippen molar-refractivity contribution in [1.29, 1.82) is 0 Å². The molecule has 0 spiro atoms. The summed E-state index contributed by atoms with van der Waals surface area (Å²) in [6.07, 6.45) is 5.20. The number of nitrogens with two attached hydrogens (primary N) is 2. The van der Waals surface area contributed by atoms with Gasteiger partial charge in [-0.25, -0.2) is 24.7 Å². The average Bonchev–Trinajstić information content (AvgIpc) is 4.36. The van der Waals surface area contributed by atoms with E-state index in [0.717, 1.165) is 12.2 Å². The number of allylic oxidation sites excluding steroid dienone is 2. The number of rotatable bonds is 27. The fourth-order valence-electron chi connectivity index (χ4n) is 8.43. The smallest absolute Gasteiger partial charge is 0.328 e. The molecule has 0 radical (unpaired) electrons. The Bertz CT molecular complexity index is 3550. The van der Waals surface area contributed by atoms with Crippen molar-refractivity contribution < 1.29 is 76.1 Å². The van der Waals surface area contributed by atoms with Crippen LogP contribution in [0.3, 0.4) is 0 Å². The van der Waals surface area contributed by atoms with Crippen molar-refractivity contribution in [3.05, 3.63) is 94.4 Å². The van der Waals surface area contributed by atoms with Crippen molar-refractivity contribution in [1.82, 2.24) is 44.6 Å². The lowest BCUT2D eigenvalue weighted by Crippen LogP contribution is -2.53. The number of carboxylic acids is 1. The molecule has 81 heavy (non-hydrogen) atoms. The number of aryl methyl sites for hydroxylation is 4. The number of oxazole rings is 2. The number of hydrogen-bond donors (Lipinski definition) is 7. The first-order valence-corrected chi connectivity index (χ1v) is 25.2. The van der Waals surface area contributed by atoms with E-state index in [-0.39, 0.29) is 107 Å². The van der Waals surface area contributed by atoms with Crippen molar-refractivity contribution in [3.8, 4) is 11.5 Å². The van der Waals surface area contributed by atoms with Crippen molar-refractivity contribution in [3.63, 3.8) is 0 Å². The van der Waals surface area contributed by atoms with Crippen LogP contribution in [0.2, 0.25) is 0 Å². The molecule has 29 heteroatoms. The summed E-state index contributed by atoms with van der Waals surface area (Å²) < 4.78 is 31.7. The molecule has 5 heterocycles. The highest BCUT2D eigenvalue weighted by Gasteiger charge is 2.31. The van der Waals surface area contributed by atoms with Crippen LogP contribution in [0.15, 0.2) is 57.4 Å². The minimum atomic E-state index is -1.47. The third kappa shape index (κ3) is 13.7. The highest BCUT2D eigenvalue weighted by Crippen LogP contribution is 2.33. The molecule has 8 amide bonds. The van der Waals surface area contributed by atoms with E-state index in [1.165, 1.54) is 38.3 Å². The van der Waals surface area contributed by atoms with Crippen LogP contribution in [0.4, 0.5) is 11.9 Å². The van der Waals surface area contributed by atoms with E-state index < -0.39 is 90.7 Å². The summed E-state index contributed by atoms with van der Waals surface area (Å²) in [6, 6.07) is 2.88. The molecule has 6 aromatic rings. The van der Waals surface area contributed by atoms with Crippen LogP contribution in [0.5, 0.6) is 11.5 Å². The molecule has 29 nitrogen and oxygen atoms in total. The number of hydrogen-bond acceptors (Lipinski definition) is 19. The monoisotopic (exact) mass is 1120 g/mol. The topological polar surface area (TPSA) is 410 Å². The summed E-state index contributed by atoms with van der Waals surface area (Å²) in [6.45, 7) is 6.93. The second kappa shape index (κ2) is 25.5. The standard InChI is InChI=1S/C52H57N13O16/c1-7-30-43(80-26(4)56-30)48(74)61-51-59-33-20-28(45(53)71)22-35(77-6)41(33)63(51)16-9-10-17-64-42-34(60-52(64)62-49(75)44-31(8-2)57-27(5)81-44)21-29(46(54)72)23-36(42)78-18-11-19-79-50(76)25(3)55-47(73)32(12-15-40(69)70)58-37(66)24-65-38(67)13-14-39(65)68/h9-10,13-14,20-23,25,32H,7-8,11-12,15-19,24H2,1-6H3,(H2,53,71)(H2,54,72)(H,55,73)(H,58,66)(H,69,70)(H,59,61,74)(H,60,62,75)/b10-9+/t25-,32+/m1/s1. The molecular formula is C52H57N13O16. The van der Waals surface area contributed by atoms with Crippen LogP contribution in [-0.2, 0) is 59.4 Å². The number of nitrogens with zero attached hydrogens (tertiary/aromatic N) is 7. The first kappa shape index (κ1) is 58.5. The Morgan fingerprint density at radius 1 is 0.728 bits per heavy atom. The van der Waals surface area contributed by atoms with Crippen LogP contribution in [0.25, 0.3) is 22.1 Å². The maximum atomic E-state index is 13.9. The molecule has 0 saturated heterocycles. The molecule has 0 unspecified atom stereocenters. The van der Waals surface area contributed by atoms with E-state index in [0.29, 0.717) is 34.6 Å². The van der Waals surface area contributed by atoms with Gasteiger partial charge in [0.05, 0.1) is 42.7 Å². The van der Waals surface area contributed by atoms with Crippen LogP contribution in [0, 0.1) is 13.8 Å². The maximum Gasteiger partial charge on any atom is 0.328 e. The number of methoxy groups -OCH3 is 1. The lowest BCUT2D eigenvalue weighted by molar-refractivity contribution is -0.148. The quantitative estimate of drug-likeness (QED) is 0.0168. The molecular weight excluding hydrogens is 1060 g/mol. The van der Waals surface area contributed by atoms with E-state index in [9.17, 15) is 53.1 Å². The normalized spacial score (nSPS) is 12.9. The van der Waals surface area contributed by atoms with Crippen LogP contribution >= 0.6 is 0 Å². The molecule has 0 saturated carbocycles. The van der Waals surface area contributed by atoms with Crippen molar-refractivity contribution >= 4 is 93.2 Å². The Kier molecular flexibility index (Phi) is 18.4. The van der Waals surface area contributed by atoms with Crippen LogP contribution in [0.1, 0.15) is 105 Å². The largest absolute Gasteiger partial charge is 0.494 e. The number of anilines is 2. The number of ether oxygens (including phenoxy) is 3. The Hall–Kier alpha value is -10.2. The zero-order valence-corrected chi connectivity index (χ0v) is 44.7. The van der Waals surface area contributed by atoms with Gasteiger partial charge in [0.1, 0.15) is 41.2 Å². The van der Waals surface area contributed by atoms with Gasteiger partial charge < -0.3 is 59.4 Å². The van der Waals surface area contributed by atoms with Gasteiger partial charge >= 0.3 is 11.9 Å². The Balaban J connectivity index is 1.12. The van der Waals surface area contributed by atoms with Crippen molar-refractivity contribution in [2.45, 2.75) is 91.9 Å². The summed E-state index contributed by atoms with van der Waals surface area (Å²) in [5.41, 5.74) is 13.3. The number of primary amides is 2. The van der Waals surface area contributed by atoms with E-state index >= 15 is 0 Å². The molecule has 0 aliphatic carbocycles. The minimum Gasteiger partial charge on any atom is -0.494 e. The van der Waals surface area contributed by atoms with Gasteiger partial charge in [0, 0.05) is 63.1 Å². The summed E-state index contributed by atoms with van der Waals surface area (Å²) in [5.74, 6) is -7.72. The Morgan fingerprint density at radius 2 is 1.23 bits per heavy atom. The van der Waals surface area contributed by atoms with Gasteiger partial charge in [-0.15, -0.1) is 0 Å². The minimum absolute atomic E-state index is 0.0138. The lowest BCUT2D eigenvalue weighted by Gasteiger charge is -2.21. The predicted octanol–water partition coefficient (Wildman–Crippen LogP) is 2.16. The van der Waals surface area contributed by atoms with Gasteiger partial charge in [0.25, 0.3) is 23.6 Å². The van der Waals surface area contributed by atoms with E-state index in [4.69, 9.17) is 34.5 Å². The second-order valence-corrected chi connectivity index (χ2v) is 18.1. The number of benzene rings is 2.